The summed E-state index contributed by atoms with van der Waals surface area (Å²) < 4.78 is 28.9. The molecule has 9 rings (SSSR count). The van der Waals surface area contributed by atoms with Crippen molar-refractivity contribution in [2.75, 3.05) is 52.6 Å². The van der Waals surface area contributed by atoms with Crippen LogP contribution >= 0.6 is 0 Å². The van der Waals surface area contributed by atoms with Crippen LogP contribution in [0.15, 0.2) is 115 Å². The number of nitrogens with one attached hydrogen (secondary N) is 1. The van der Waals surface area contributed by atoms with Gasteiger partial charge in [-0.1, -0.05) is 98.5 Å². The van der Waals surface area contributed by atoms with E-state index < -0.39 is 77.3 Å². The molecule has 5 aromatic rings. The SMILES string of the molecule is COC(=O)C(NC(=O)N1C(=O)C2(c3cc(C#CCCO)ccc31)C(C(=O)N1CCc3cc(OC)c(OC)cc3C1)C1C(=O)OC(c3ccccc3)C(c3ccccc3)N1C2c1ccc(OCCO)cc1)C(C)C. The zero-order valence-corrected chi connectivity index (χ0v) is 41.3. The first-order chi connectivity index (χ1) is 35.4. The number of rotatable bonds is 13. The monoisotopic (exact) mass is 990 g/mol. The van der Waals surface area contributed by atoms with Crippen molar-refractivity contribution < 1.29 is 57.9 Å². The molecule has 0 radical (unpaired) electrons. The van der Waals surface area contributed by atoms with E-state index in [1.807, 2.05) is 77.7 Å². The number of nitrogens with zero attached hydrogens (tertiary/aromatic N) is 3. The van der Waals surface area contributed by atoms with Crippen LogP contribution in [0.25, 0.3) is 0 Å². The van der Waals surface area contributed by atoms with Gasteiger partial charge in [0.15, 0.2) is 11.5 Å². The molecule has 378 valence electrons. The lowest BCUT2D eigenvalue weighted by atomic mass is 9.64. The number of benzene rings is 5. The molecule has 16 heteroatoms. The number of hydrogen-bond acceptors (Lipinski definition) is 13. The zero-order chi connectivity index (χ0) is 51.6. The number of carbonyl (C=O) groups excluding carboxylic acids is 5. The van der Waals surface area contributed by atoms with Crippen molar-refractivity contribution in [3.05, 3.63) is 154 Å². The van der Waals surface area contributed by atoms with E-state index in [4.69, 9.17) is 23.7 Å². The molecule has 73 heavy (non-hydrogen) atoms. The van der Waals surface area contributed by atoms with Crippen molar-refractivity contribution in [2.24, 2.45) is 11.8 Å². The van der Waals surface area contributed by atoms with E-state index in [0.717, 1.165) is 21.6 Å². The van der Waals surface area contributed by atoms with Crippen LogP contribution in [0, 0.1) is 23.7 Å². The second kappa shape index (κ2) is 21.2. The van der Waals surface area contributed by atoms with Gasteiger partial charge in [-0.05, 0) is 88.2 Å². The third-order valence-corrected chi connectivity index (χ3v) is 14.4. The molecule has 1 spiro atoms. The van der Waals surface area contributed by atoms with Crippen molar-refractivity contribution in [1.29, 1.82) is 0 Å². The van der Waals surface area contributed by atoms with E-state index in [-0.39, 0.29) is 50.6 Å². The smallest absolute Gasteiger partial charge is 0.329 e. The first-order valence-corrected chi connectivity index (χ1v) is 24.3. The van der Waals surface area contributed by atoms with Crippen molar-refractivity contribution in [2.45, 2.75) is 68.9 Å². The average Bonchev–Trinajstić information content (AvgIpc) is 3.87. The molecule has 4 aliphatic rings. The number of hydrogen-bond donors (Lipinski definition) is 3. The van der Waals surface area contributed by atoms with E-state index in [1.165, 1.54) is 14.2 Å². The van der Waals surface area contributed by atoms with Gasteiger partial charge in [0.2, 0.25) is 11.8 Å². The first-order valence-electron chi connectivity index (χ1n) is 24.3. The molecule has 4 amide bonds. The summed E-state index contributed by atoms with van der Waals surface area (Å²) in [6, 6.07) is 28.7. The number of aliphatic hydroxyl groups excluding tert-OH is 2. The van der Waals surface area contributed by atoms with Crippen molar-refractivity contribution >= 4 is 35.5 Å². The molecule has 16 nitrogen and oxygen atoms in total. The van der Waals surface area contributed by atoms with Crippen molar-refractivity contribution in [1.82, 2.24) is 15.1 Å². The third kappa shape index (κ3) is 8.91. The Kier molecular flexibility index (Phi) is 14.6. The van der Waals surface area contributed by atoms with Crippen LogP contribution < -0.4 is 24.4 Å². The standard InChI is InChI=1S/C57H58N4O12/c1-34(2)47(53(65)71-5)58-56(68)60-43-24-19-35(14-12-13-27-62)30-42(43)57(55(60)67)46(52(64)59-26-25-39-31-44(69-3)45(70-4)32-40(39)33-59)49-54(66)73-50(37-17-10-7-11-18-37)48(36-15-8-6-9-16-36)61(49)51(57)38-20-22-41(23-21-38)72-29-28-63/h6-11,15-24,30-32,34,46-51,62-63H,13,25-29,33H2,1-5H3,(H,58,68). The second-order valence-electron chi connectivity index (χ2n) is 18.7. The molecule has 0 bridgehead atoms. The van der Waals surface area contributed by atoms with Crippen LogP contribution in [0.2, 0.25) is 0 Å². The molecule has 0 aromatic heterocycles. The molecule has 0 aliphatic carbocycles. The molecule has 5 aromatic carbocycles. The first kappa shape index (κ1) is 50.2. The number of methoxy groups -OCH3 is 3. The summed E-state index contributed by atoms with van der Waals surface area (Å²) in [7, 11) is 4.29. The summed E-state index contributed by atoms with van der Waals surface area (Å²) in [6.07, 6.45) is -0.423. The maximum absolute atomic E-state index is 16.8. The summed E-state index contributed by atoms with van der Waals surface area (Å²) >= 11 is 0. The fourth-order valence-corrected chi connectivity index (χ4v) is 11.2. The van der Waals surface area contributed by atoms with E-state index in [1.54, 1.807) is 68.3 Å². The van der Waals surface area contributed by atoms with E-state index in [2.05, 4.69) is 17.2 Å². The number of urea groups is 1. The number of amides is 4. The van der Waals surface area contributed by atoms with Gasteiger partial charge in [0, 0.05) is 25.1 Å². The lowest BCUT2D eigenvalue weighted by Gasteiger charge is -2.46. The lowest BCUT2D eigenvalue weighted by molar-refractivity contribution is -0.179. The molecule has 4 heterocycles. The number of imide groups is 1. The molecular formula is C57H58N4O12. The highest BCUT2D eigenvalue weighted by molar-refractivity contribution is 6.25. The van der Waals surface area contributed by atoms with Gasteiger partial charge in [-0.25, -0.2) is 14.5 Å². The van der Waals surface area contributed by atoms with Crippen LogP contribution in [0.1, 0.15) is 77.4 Å². The van der Waals surface area contributed by atoms with Gasteiger partial charge in [0.25, 0.3) is 0 Å². The number of ether oxygens (including phenoxy) is 5. The van der Waals surface area contributed by atoms with Crippen LogP contribution in [0.5, 0.6) is 17.2 Å². The van der Waals surface area contributed by atoms with Crippen molar-refractivity contribution in [3.63, 3.8) is 0 Å². The minimum atomic E-state index is -2.12. The van der Waals surface area contributed by atoms with E-state index >= 15 is 19.2 Å². The highest BCUT2D eigenvalue weighted by atomic mass is 16.6. The number of anilines is 1. The Morgan fingerprint density at radius 2 is 1.48 bits per heavy atom. The van der Waals surface area contributed by atoms with Gasteiger partial charge < -0.3 is 44.1 Å². The maximum Gasteiger partial charge on any atom is 0.329 e. The number of fused-ring (bicyclic) bond motifs is 4. The fraction of sp³-hybridized carbons (Fsp3) is 0.351. The van der Waals surface area contributed by atoms with Crippen LogP contribution in [-0.4, -0.2) is 110 Å². The van der Waals surface area contributed by atoms with Crippen LogP contribution in [0.4, 0.5) is 10.5 Å². The molecule has 0 saturated carbocycles. The third-order valence-electron chi connectivity index (χ3n) is 14.4. The van der Waals surface area contributed by atoms with E-state index in [9.17, 15) is 15.0 Å². The zero-order valence-electron chi connectivity index (χ0n) is 41.3. The van der Waals surface area contributed by atoms with Crippen molar-refractivity contribution in [3.8, 4) is 29.1 Å². The summed E-state index contributed by atoms with van der Waals surface area (Å²) in [5, 5.41) is 22.2. The lowest BCUT2D eigenvalue weighted by Crippen LogP contribution is -2.58. The topological polar surface area (TPSA) is 194 Å². The Bertz CT molecular complexity index is 2960. The van der Waals surface area contributed by atoms with Gasteiger partial charge in [-0.2, -0.15) is 0 Å². The van der Waals surface area contributed by atoms with Gasteiger partial charge in [0.05, 0.1) is 58.2 Å². The van der Waals surface area contributed by atoms with Gasteiger partial charge in [-0.15, -0.1) is 0 Å². The number of aliphatic hydroxyl groups is 2. The average molecular weight is 991 g/mol. The molecule has 3 N–H and O–H groups in total. The summed E-state index contributed by atoms with van der Waals surface area (Å²) in [6.45, 7) is 3.29. The number of morpholine rings is 1. The van der Waals surface area contributed by atoms with Crippen LogP contribution in [0.3, 0.4) is 0 Å². The quantitative estimate of drug-likeness (QED) is 0.0925. The van der Waals surface area contributed by atoms with Gasteiger partial charge in [0.1, 0.15) is 36.0 Å². The highest BCUT2D eigenvalue weighted by Crippen LogP contribution is 2.66. The van der Waals surface area contributed by atoms with Crippen LogP contribution in [-0.2, 0) is 47.0 Å². The Morgan fingerprint density at radius 3 is 2.11 bits per heavy atom. The normalized spacial score (nSPS) is 22.3. The number of cyclic esters (lactones) is 1. The molecule has 7 atom stereocenters. The summed E-state index contributed by atoms with van der Waals surface area (Å²) in [5.74, 6) is 2.57. The maximum atomic E-state index is 16.8. The summed E-state index contributed by atoms with van der Waals surface area (Å²) in [5.41, 5.74) is 2.22. The molecule has 2 saturated heterocycles. The van der Waals surface area contributed by atoms with Gasteiger partial charge in [-0.3, -0.25) is 19.3 Å². The predicted molar refractivity (Wildman–Crippen MR) is 267 cm³/mol. The molecule has 2 fully saturated rings. The summed E-state index contributed by atoms with van der Waals surface area (Å²) in [4.78, 5) is 82.0. The minimum absolute atomic E-state index is 0.00869. The number of carbonyl (C=O) groups is 5. The second-order valence-corrected chi connectivity index (χ2v) is 18.7. The predicted octanol–water partition coefficient (Wildman–Crippen LogP) is 5.97. The fourth-order valence-electron chi connectivity index (χ4n) is 11.2. The van der Waals surface area contributed by atoms with E-state index in [0.29, 0.717) is 40.4 Å². The largest absolute Gasteiger partial charge is 0.493 e. The number of esters is 2. The Morgan fingerprint density at radius 1 is 0.808 bits per heavy atom. The Balaban J connectivity index is 1.35. The van der Waals surface area contributed by atoms with Gasteiger partial charge >= 0.3 is 18.0 Å². The Labute approximate surface area is 423 Å². The minimum Gasteiger partial charge on any atom is -0.493 e. The Hall–Kier alpha value is -7.71. The molecular weight excluding hydrogens is 933 g/mol. The molecule has 7 unspecified atom stereocenters. The highest BCUT2D eigenvalue weighted by Gasteiger charge is 2.76. The molecule has 4 aliphatic heterocycles.